The fourth-order valence-corrected chi connectivity index (χ4v) is 3.93. The van der Waals surface area contributed by atoms with Gasteiger partial charge in [-0.05, 0) is 90.4 Å². The Morgan fingerprint density at radius 3 is 2.71 bits per heavy atom. The van der Waals surface area contributed by atoms with Gasteiger partial charge in [-0.1, -0.05) is 13.8 Å². The highest BCUT2D eigenvalue weighted by molar-refractivity contribution is 9.10. The number of hydrogen-bond acceptors (Lipinski definition) is 2. The predicted molar refractivity (Wildman–Crippen MR) is 91.3 cm³/mol. The Kier molecular flexibility index (Phi) is 4.70. The molecule has 1 heterocycles. The van der Waals surface area contributed by atoms with Gasteiger partial charge in [-0.2, -0.15) is 0 Å². The van der Waals surface area contributed by atoms with Crippen LogP contribution in [0.1, 0.15) is 51.6 Å². The van der Waals surface area contributed by atoms with Crippen LogP contribution in [0.4, 0.5) is 0 Å². The van der Waals surface area contributed by atoms with Crippen molar-refractivity contribution in [3.05, 3.63) is 28.5 Å². The topological polar surface area (TPSA) is 24.9 Å². The van der Waals surface area contributed by atoms with Crippen LogP contribution in [-0.4, -0.2) is 17.6 Å². The summed E-state index contributed by atoms with van der Waals surface area (Å²) in [6.07, 6.45) is 9.91. The van der Waals surface area contributed by atoms with Gasteiger partial charge in [0.25, 0.3) is 0 Å². The molecule has 2 fully saturated rings. The summed E-state index contributed by atoms with van der Waals surface area (Å²) in [5.74, 6) is 1.60. The second-order valence-corrected chi connectivity index (χ2v) is 8.70. The van der Waals surface area contributed by atoms with Gasteiger partial charge < -0.3 is 5.32 Å². The molecular weight excluding hydrogens is 324 g/mol. The van der Waals surface area contributed by atoms with E-state index in [2.05, 4.69) is 52.2 Å². The number of nitrogens with zero attached hydrogens (tertiary/aromatic N) is 1. The molecule has 2 saturated carbocycles. The molecule has 1 aromatic heterocycles. The fourth-order valence-electron chi connectivity index (χ4n) is 3.70. The normalized spacial score (nSPS) is 28.5. The summed E-state index contributed by atoms with van der Waals surface area (Å²) in [4.78, 5) is 4.59. The molecule has 1 aromatic rings. The summed E-state index contributed by atoms with van der Waals surface area (Å²) in [6.45, 7) is 6.07. The second-order valence-electron chi connectivity index (χ2n) is 7.78. The van der Waals surface area contributed by atoms with E-state index in [1.807, 2.05) is 6.20 Å². The Balaban J connectivity index is 1.64. The molecule has 0 aliphatic heterocycles. The van der Waals surface area contributed by atoms with Crippen LogP contribution in [0, 0.1) is 17.3 Å². The van der Waals surface area contributed by atoms with E-state index >= 15 is 0 Å². The lowest BCUT2D eigenvalue weighted by Gasteiger charge is -2.41. The van der Waals surface area contributed by atoms with Crippen molar-refractivity contribution in [1.82, 2.24) is 10.3 Å². The SMILES string of the molecule is CC1(C)CCC(CNC2CC2)C(Cc2ccc(Br)cn2)C1. The van der Waals surface area contributed by atoms with Gasteiger partial charge in [-0.25, -0.2) is 0 Å². The zero-order valence-corrected chi connectivity index (χ0v) is 14.8. The van der Waals surface area contributed by atoms with Crippen LogP contribution in [0.3, 0.4) is 0 Å². The molecule has 2 aliphatic carbocycles. The Hall–Kier alpha value is -0.410. The lowest BCUT2D eigenvalue weighted by Crippen LogP contribution is -2.37. The average Bonchev–Trinajstić information content (AvgIpc) is 3.24. The van der Waals surface area contributed by atoms with Gasteiger partial charge in [0.1, 0.15) is 0 Å². The van der Waals surface area contributed by atoms with Gasteiger partial charge in [-0.15, -0.1) is 0 Å². The van der Waals surface area contributed by atoms with Crippen molar-refractivity contribution in [2.45, 2.75) is 58.4 Å². The van der Waals surface area contributed by atoms with Gasteiger partial charge in [-0.3, -0.25) is 4.98 Å². The minimum Gasteiger partial charge on any atom is -0.314 e. The largest absolute Gasteiger partial charge is 0.314 e. The molecular formula is C18H27BrN2. The number of nitrogens with one attached hydrogen (secondary N) is 1. The summed E-state index contributed by atoms with van der Waals surface area (Å²) in [6, 6.07) is 5.12. The standard InChI is InChI=1S/C18H27BrN2/c1-18(2)8-7-13(11-20-16-5-6-16)14(10-18)9-17-4-3-15(19)12-21-17/h3-4,12-14,16,20H,5-11H2,1-2H3. The molecule has 1 N–H and O–H groups in total. The number of halogens is 1. The summed E-state index contributed by atoms with van der Waals surface area (Å²) in [5.41, 5.74) is 1.74. The highest BCUT2D eigenvalue weighted by Crippen LogP contribution is 2.43. The maximum absolute atomic E-state index is 4.59. The third-order valence-corrected chi connectivity index (χ3v) is 5.65. The highest BCUT2D eigenvalue weighted by Gasteiger charge is 2.35. The maximum atomic E-state index is 4.59. The van der Waals surface area contributed by atoms with E-state index in [9.17, 15) is 0 Å². The lowest BCUT2D eigenvalue weighted by molar-refractivity contribution is 0.115. The molecule has 0 radical (unpaired) electrons. The summed E-state index contributed by atoms with van der Waals surface area (Å²) in [7, 11) is 0. The number of aromatic nitrogens is 1. The first-order valence-corrected chi connectivity index (χ1v) is 9.15. The second kappa shape index (κ2) is 6.37. The predicted octanol–water partition coefficient (Wildman–Crippen LogP) is 4.58. The highest BCUT2D eigenvalue weighted by atomic mass is 79.9. The Morgan fingerprint density at radius 2 is 2.05 bits per heavy atom. The summed E-state index contributed by atoms with van der Waals surface area (Å²) < 4.78 is 1.07. The van der Waals surface area contributed by atoms with Crippen LogP contribution in [0.5, 0.6) is 0 Å². The molecule has 2 nitrogen and oxygen atoms in total. The molecule has 0 aromatic carbocycles. The van der Waals surface area contributed by atoms with E-state index in [-0.39, 0.29) is 0 Å². The van der Waals surface area contributed by atoms with Crippen LogP contribution < -0.4 is 5.32 Å². The van der Waals surface area contributed by atoms with Crippen LogP contribution in [0.15, 0.2) is 22.8 Å². The first-order valence-electron chi connectivity index (χ1n) is 8.36. The minimum atomic E-state index is 0.496. The summed E-state index contributed by atoms with van der Waals surface area (Å²) in [5, 5.41) is 3.75. The van der Waals surface area contributed by atoms with Crippen molar-refractivity contribution in [1.29, 1.82) is 0 Å². The van der Waals surface area contributed by atoms with Crippen molar-refractivity contribution >= 4 is 15.9 Å². The van der Waals surface area contributed by atoms with Gasteiger partial charge >= 0.3 is 0 Å². The molecule has 0 amide bonds. The van der Waals surface area contributed by atoms with Crippen LogP contribution >= 0.6 is 15.9 Å². The van der Waals surface area contributed by atoms with Crippen molar-refractivity contribution in [2.24, 2.45) is 17.3 Å². The van der Waals surface area contributed by atoms with E-state index in [0.717, 1.165) is 28.8 Å². The van der Waals surface area contributed by atoms with Gasteiger partial charge in [0.15, 0.2) is 0 Å². The molecule has 2 atom stereocenters. The Bertz CT molecular complexity index is 463. The molecule has 3 heteroatoms. The lowest BCUT2D eigenvalue weighted by atomic mass is 9.66. The molecule has 0 saturated heterocycles. The zero-order valence-electron chi connectivity index (χ0n) is 13.2. The number of hydrogen-bond donors (Lipinski definition) is 1. The van der Waals surface area contributed by atoms with Gasteiger partial charge in [0.05, 0.1) is 0 Å². The van der Waals surface area contributed by atoms with Crippen LogP contribution in [0.2, 0.25) is 0 Å². The smallest absolute Gasteiger partial charge is 0.0413 e. The quantitative estimate of drug-likeness (QED) is 0.840. The summed E-state index contributed by atoms with van der Waals surface area (Å²) >= 11 is 3.48. The van der Waals surface area contributed by atoms with Crippen molar-refractivity contribution in [3.8, 4) is 0 Å². The van der Waals surface area contributed by atoms with E-state index in [1.165, 1.54) is 44.3 Å². The Morgan fingerprint density at radius 1 is 1.24 bits per heavy atom. The first-order chi connectivity index (χ1) is 10.0. The van der Waals surface area contributed by atoms with E-state index in [1.54, 1.807) is 0 Å². The molecule has 116 valence electrons. The van der Waals surface area contributed by atoms with Gasteiger partial charge in [0.2, 0.25) is 0 Å². The molecule has 21 heavy (non-hydrogen) atoms. The van der Waals surface area contributed by atoms with E-state index in [4.69, 9.17) is 0 Å². The van der Waals surface area contributed by atoms with E-state index in [0.29, 0.717) is 5.41 Å². The minimum absolute atomic E-state index is 0.496. The maximum Gasteiger partial charge on any atom is 0.0413 e. The van der Waals surface area contributed by atoms with Gasteiger partial charge in [0, 0.05) is 22.4 Å². The Labute approximate surface area is 137 Å². The fraction of sp³-hybridized carbons (Fsp3) is 0.722. The molecule has 2 unspecified atom stereocenters. The molecule has 0 spiro atoms. The number of rotatable bonds is 5. The van der Waals surface area contributed by atoms with Crippen LogP contribution in [0.25, 0.3) is 0 Å². The molecule has 0 bridgehead atoms. The zero-order chi connectivity index (χ0) is 14.9. The van der Waals surface area contributed by atoms with Crippen molar-refractivity contribution in [3.63, 3.8) is 0 Å². The third-order valence-electron chi connectivity index (χ3n) is 5.18. The van der Waals surface area contributed by atoms with Crippen molar-refractivity contribution in [2.75, 3.05) is 6.54 Å². The third kappa shape index (κ3) is 4.53. The monoisotopic (exact) mass is 350 g/mol. The van der Waals surface area contributed by atoms with E-state index < -0.39 is 0 Å². The van der Waals surface area contributed by atoms with Crippen molar-refractivity contribution < 1.29 is 0 Å². The average molecular weight is 351 g/mol. The first kappa shape index (κ1) is 15.5. The molecule has 2 aliphatic rings. The number of pyridine rings is 1. The molecule has 3 rings (SSSR count). The van der Waals surface area contributed by atoms with Crippen LogP contribution in [-0.2, 0) is 6.42 Å².